The Labute approximate surface area is 133 Å². The van der Waals surface area contributed by atoms with Crippen molar-refractivity contribution in [2.45, 2.75) is 27.2 Å². The van der Waals surface area contributed by atoms with Crippen LogP contribution in [0.4, 0.5) is 17.1 Å². The highest BCUT2D eigenvalue weighted by atomic mass is 14.9. The van der Waals surface area contributed by atoms with E-state index in [0.717, 1.165) is 34.7 Å². The van der Waals surface area contributed by atoms with Gasteiger partial charge in [0.25, 0.3) is 0 Å². The van der Waals surface area contributed by atoms with Crippen LogP contribution < -0.4 is 16.4 Å². The van der Waals surface area contributed by atoms with E-state index >= 15 is 0 Å². The van der Waals surface area contributed by atoms with Crippen LogP contribution in [0.5, 0.6) is 0 Å². The number of hydrogen-bond acceptors (Lipinski definition) is 3. The van der Waals surface area contributed by atoms with Gasteiger partial charge < -0.3 is 16.4 Å². The summed E-state index contributed by atoms with van der Waals surface area (Å²) in [7, 11) is 1.94. The van der Waals surface area contributed by atoms with Gasteiger partial charge >= 0.3 is 0 Å². The standard InChI is InChI=1S/C19H25N3/c1-5-13(2)19(21-4)16-11-10-15(12-17(16)20)22-18-9-7-6-8-14(18)3/h6-12,21-22H,5,20H2,1-4H3/b19-13-. The van der Waals surface area contributed by atoms with Gasteiger partial charge in [0.2, 0.25) is 0 Å². The number of aryl methyl sites for hydroxylation is 1. The third-order valence-electron chi connectivity index (χ3n) is 3.95. The molecular weight excluding hydrogens is 270 g/mol. The van der Waals surface area contributed by atoms with Gasteiger partial charge in [0.1, 0.15) is 0 Å². The van der Waals surface area contributed by atoms with Crippen molar-refractivity contribution in [2.75, 3.05) is 18.1 Å². The van der Waals surface area contributed by atoms with Gasteiger partial charge in [0, 0.05) is 35.4 Å². The van der Waals surface area contributed by atoms with E-state index in [1.54, 1.807) is 0 Å². The summed E-state index contributed by atoms with van der Waals surface area (Å²) < 4.78 is 0. The molecule has 0 unspecified atom stereocenters. The van der Waals surface area contributed by atoms with Crippen molar-refractivity contribution in [3.63, 3.8) is 0 Å². The summed E-state index contributed by atoms with van der Waals surface area (Å²) in [6.45, 7) is 6.37. The Morgan fingerprint density at radius 2 is 1.86 bits per heavy atom. The van der Waals surface area contributed by atoms with Crippen molar-refractivity contribution in [2.24, 2.45) is 0 Å². The third-order valence-corrected chi connectivity index (χ3v) is 3.95. The molecule has 3 nitrogen and oxygen atoms in total. The van der Waals surface area contributed by atoms with Crippen LogP contribution in [0.15, 0.2) is 48.0 Å². The van der Waals surface area contributed by atoms with Crippen LogP contribution in [0.2, 0.25) is 0 Å². The number of benzene rings is 2. The molecule has 0 aliphatic carbocycles. The van der Waals surface area contributed by atoms with Crippen LogP contribution in [0, 0.1) is 6.92 Å². The minimum absolute atomic E-state index is 0.774. The van der Waals surface area contributed by atoms with E-state index in [-0.39, 0.29) is 0 Å². The lowest BCUT2D eigenvalue weighted by Gasteiger charge is -2.16. The minimum atomic E-state index is 0.774. The van der Waals surface area contributed by atoms with E-state index in [1.165, 1.54) is 11.1 Å². The molecule has 0 atom stereocenters. The normalized spacial score (nSPS) is 11.8. The first kappa shape index (κ1) is 16.0. The van der Waals surface area contributed by atoms with Crippen LogP contribution in [-0.2, 0) is 0 Å². The molecular formula is C19H25N3. The molecule has 0 aliphatic heterocycles. The van der Waals surface area contributed by atoms with Crippen molar-refractivity contribution in [3.05, 3.63) is 59.2 Å². The van der Waals surface area contributed by atoms with Crippen LogP contribution in [0.25, 0.3) is 5.70 Å². The van der Waals surface area contributed by atoms with E-state index in [2.05, 4.69) is 55.7 Å². The van der Waals surface area contributed by atoms with Gasteiger partial charge in [-0.25, -0.2) is 0 Å². The number of allylic oxidation sites excluding steroid dienone is 1. The molecule has 0 fully saturated rings. The third kappa shape index (κ3) is 3.42. The highest BCUT2D eigenvalue weighted by Gasteiger charge is 2.08. The van der Waals surface area contributed by atoms with E-state index in [4.69, 9.17) is 5.73 Å². The summed E-state index contributed by atoms with van der Waals surface area (Å²) in [5.41, 5.74) is 13.8. The summed E-state index contributed by atoms with van der Waals surface area (Å²) in [6.07, 6.45) is 0.999. The monoisotopic (exact) mass is 295 g/mol. The van der Waals surface area contributed by atoms with Crippen LogP contribution in [0.1, 0.15) is 31.4 Å². The maximum Gasteiger partial charge on any atom is 0.0429 e. The zero-order valence-electron chi connectivity index (χ0n) is 13.8. The molecule has 4 N–H and O–H groups in total. The Balaban J connectivity index is 2.33. The summed E-state index contributed by atoms with van der Waals surface area (Å²) in [4.78, 5) is 0. The molecule has 0 heterocycles. The summed E-state index contributed by atoms with van der Waals surface area (Å²) in [5.74, 6) is 0. The molecule has 116 valence electrons. The second-order valence-electron chi connectivity index (χ2n) is 5.50. The fraction of sp³-hybridized carbons (Fsp3) is 0.263. The Bertz CT molecular complexity index is 687. The van der Waals surface area contributed by atoms with Crippen molar-refractivity contribution < 1.29 is 0 Å². The van der Waals surface area contributed by atoms with E-state index in [9.17, 15) is 0 Å². The molecule has 2 rings (SSSR count). The average molecular weight is 295 g/mol. The lowest BCUT2D eigenvalue weighted by atomic mass is 10.0. The first-order chi connectivity index (χ1) is 10.6. The number of anilines is 3. The maximum absolute atomic E-state index is 6.27. The number of hydrogen-bond donors (Lipinski definition) is 3. The van der Waals surface area contributed by atoms with Gasteiger partial charge in [-0.2, -0.15) is 0 Å². The molecule has 2 aromatic rings. The van der Waals surface area contributed by atoms with E-state index in [1.807, 2.05) is 25.2 Å². The molecule has 0 spiro atoms. The Kier molecular flexibility index (Phi) is 5.10. The van der Waals surface area contributed by atoms with Crippen molar-refractivity contribution in [3.8, 4) is 0 Å². The van der Waals surface area contributed by atoms with Crippen molar-refractivity contribution >= 4 is 22.8 Å². The van der Waals surface area contributed by atoms with Crippen molar-refractivity contribution in [1.82, 2.24) is 5.32 Å². The lowest BCUT2D eigenvalue weighted by molar-refractivity contribution is 1.03. The maximum atomic E-state index is 6.27. The molecule has 0 bridgehead atoms. The van der Waals surface area contributed by atoms with Crippen LogP contribution in [-0.4, -0.2) is 7.05 Å². The van der Waals surface area contributed by atoms with Gasteiger partial charge in [-0.15, -0.1) is 0 Å². The Morgan fingerprint density at radius 3 is 2.45 bits per heavy atom. The molecule has 0 amide bonds. The molecule has 0 saturated heterocycles. The smallest absolute Gasteiger partial charge is 0.0429 e. The van der Waals surface area contributed by atoms with Gasteiger partial charge in [-0.05, 0) is 55.7 Å². The number of nitrogen functional groups attached to an aromatic ring is 1. The first-order valence-corrected chi connectivity index (χ1v) is 7.66. The number of nitrogens with two attached hydrogens (primary N) is 1. The highest BCUT2D eigenvalue weighted by molar-refractivity contribution is 5.79. The molecule has 22 heavy (non-hydrogen) atoms. The minimum Gasteiger partial charge on any atom is -0.398 e. The number of nitrogens with one attached hydrogen (secondary N) is 2. The highest BCUT2D eigenvalue weighted by Crippen LogP contribution is 2.28. The summed E-state index contributed by atoms with van der Waals surface area (Å²) >= 11 is 0. The Morgan fingerprint density at radius 1 is 1.14 bits per heavy atom. The molecule has 2 aromatic carbocycles. The largest absolute Gasteiger partial charge is 0.398 e. The van der Waals surface area contributed by atoms with Gasteiger partial charge in [0.05, 0.1) is 0 Å². The molecule has 0 aromatic heterocycles. The first-order valence-electron chi connectivity index (χ1n) is 7.66. The van der Waals surface area contributed by atoms with Gasteiger partial charge in [0.15, 0.2) is 0 Å². The van der Waals surface area contributed by atoms with Crippen molar-refractivity contribution in [1.29, 1.82) is 0 Å². The van der Waals surface area contributed by atoms with Crippen LogP contribution in [0.3, 0.4) is 0 Å². The van der Waals surface area contributed by atoms with Crippen LogP contribution >= 0.6 is 0 Å². The zero-order valence-corrected chi connectivity index (χ0v) is 13.8. The SMILES string of the molecule is CC/C(C)=C(\NC)c1ccc(Nc2ccccc2C)cc1N. The zero-order chi connectivity index (χ0) is 16.1. The molecule has 0 radical (unpaired) electrons. The van der Waals surface area contributed by atoms with E-state index < -0.39 is 0 Å². The fourth-order valence-corrected chi connectivity index (χ4v) is 2.49. The summed E-state index contributed by atoms with van der Waals surface area (Å²) in [5, 5.41) is 6.69. The van der Waals surface area contributed by atoms with Gasteiger partial charge in [-0.3, -0.25) is 0 Å². The van der Waals surface area contributed by atoms with E-state index in [0.29, 0.717) is 0 Å². The second kappa shape index (κ2) is 7.03. The second-order valence-corrected chi connectivity index (χ2v) is 5.50. The molecule has 0 aliphatic rings. The number of para-hydroxylation sites is 1. The fourth-order valence-electron chi connectivity index (χ4n) is 2.49. The Hall–Kier alpha value is -2.42. The predicted molar refractivity (Wildman–Crippen MR) is 97.3 cm³/mol. The quantitative estimate of drug-likeness (QED) is 0.702. The molecule has 3 heteroatoms. The lowest BCUT2D eigenvalue weighted by Crippen LogP contribution is -2.09. The summed E-state index contributed by atoms with van der Waals surface area (Å²) in [6, 6.07) is 14.3. The average Bonchev–Trinajstić information content (AvgIpc) is 2.52. The topological polar surface area (TPSA) is 50.1 Å². The number of rotatable bonds is 5. The molecule has 0 saturated carbocycles. The van der Waals surface area contributed by atoms with Gasteiger partial charge in [-0.1, -0.05) is 25.1 Å². The predicted octanol–water partition coefficient (Wildman–Crippen LogP) is 4.68.